The molecule has 190 valence electrons. The molecule has 1 aromatic carbocycles. The molecule has 0 aliphatic carbocycles. The Morgan fingerprint density at radius 1 is 1.09 bits per heavy atom. The molecule has 3 amide bonds. The van der Waals surface area contributed by atoms with Crippen LogP contribution in [-0.4, -0.2) is 65.9 Å². The molecule has 0 aliphatic heterocycles. The number of likely N-dealkylation sites (N-methyl/N-ethyl adjacent to an activating group) is 1. The first kappa shape index (κ1) is 29.3. The van der Waals surface area contributed by atoms with Crippen LogP contribution in [0, 0.1) is 6.92 Å². The van der Waals surface area contributed by atoms with Crippen molar-refractivity contribution in [1.29, 1.82) is 0 Å². The number of nitrogens with one attached hydrogen (secondary N) is 2. The fourth-order valence-electron chi connectivity index (χ4n) is 3.14. The lowest BCUT2D eigenvalue weighted by Crippen LogP contribution is -2.53. The van der Waals surface area contributed by atoms with E-state index in [1.54, 1.807) is 46.8 Å². The summed E-state index contributed by atoms with van der Waals surface area (Å²) in [4.78, 5) is 51.9. The molecule has 0 spiro atoms. The van der Waals surface area contributed by atoms with Crippen molar-refractivity contribution in [2.24, 2.45) is 0 Å². The van der Waals surface area contributed by atoms with Crippen molar-refractivity contribution in [2.45, 2.75) is 65.6 Å². The van der Waals surface area contributed by atoms with Gasteiger partial charge >= 0.3 is 12.1 Å². The Hall–Kier alpha value is -2.75. The number of aryl methyl sites for hydroxylation is 1. The van der Waals surface area contributed by atoms with Crippen molar-refractivity contribution < 1.29 is 28.7 Å². The van der Waals surface area contributed by atoms with Crippen LogP contribution in [0.1, 0.15) is 58.2 Å². The SMILES string of the molecule is CCOC(=O)CCNC(=O)C(c1ccc(C)cc1)N(CC)C(=O)C(CS)NC(=O)OC(C)(C)C. The quantitative estimate of drug-likeness (QED) is 0.321. The molecule has 0 aromatic heterocycles. The van der Waals surface area contributed by atoms with Gasteiger partial charge in [-0.05, 0) is 47.1 Å². The summed E-state index contributed by atoms with van der Waals surface area (Å²) in [5.41, 5.74) is 0.867. The Morgan fingerprint density at radius 3 is 2.21 bits per heavy atom. The molecule has 9 nitrogen and oxygen atoms in total. The van der Waals surface area contributed by atoms with E-state index in [0.717, 1.165) is 5.56 Å². The van der Waals surface area contributed by atoms with Crippen LogP contribution >= 0.6 is 12.6 Å². The molecular formula is C24H37N3O6S. The van der Waals surface area contributed by atoms with Gasteiger partial charge < -0.3 is 25.0 Å². The van der Waals surface area contributed by atoms with Gasteiger partial charge in [0.1, 0.15) is 17.7 Å². The molecule has 34 heavy (non-hydrogen) atoms. The van der Waals surface area contributed by atoms with E-state index in [9.17, 15) is 19.2 Å². The number of alkyl carbamates (subject to hydrolysis) is 1. The van der Waals surface area contributed by atoms with Crippen LogP contribution in [0.2, 0.25) is 0 Å². The summed E-state index contributed by atoms with van der Waals surface area (Å²) in [6.45, 7) is 11.0. The molecule has 2 unspecified atom stereocenters. The van der Waals surface area contributed by atoms with Gasteiger partial charge in [-0.3, -0.25) is 14.4 Å². The van der Waals surface area contributed by atoms with Crippen LogP contribution in [0.4, 0.5) is 4.79 Å². The highest BCUT2D eigenvalue weighted by atomic mass is 32.1. The molecule has 0 fully saturated rings. The number of amides is 3. The second-order valence-electron chi connectivity index (χ2n) is 8.66. The first-order valence-corrected chi connectivity index (χ1v) is 12.0. The van der Waals surface area contributed by atoms with E-state index in [-0.39, 0.29) is 31.9 Å². The fourth-order valence-corrected chi connectivity index (χ4v) is 3.39. The number of ether oxygens (including phenoxy) is 2. The molecule has 10 heteroatoms. The smallest absolute Gasteiger partial charge is 0.408 e. The number of benzene rings is 1. The monoisotopic (exact) mass is 495 g/mol. The van der Waals surface area contributed by atoms with Crippen LogP contribution in [-0.2, 0) is 23.9 Å². The number of carbonyl (C=O) groups excluding carboxylic acids is 4. The Labute approximate surface area is 207 Å². The predicted octanol–water partition coefficient (Wildman–Crippen LogP) is 2.78. The third-order valence-corrected chi connectivity index (χ3v) is 5.05. The lowest BCUT2D eigenvalue weighted by Gasteiger charge is -2.33. The van der Waals surface area contributed by atoms with Gasteiger partial charge in [-0.2, -0.15) is 12.6 Å². The van der Waals surface area contributed by atoms with Gasteiger partial charge in [0.15, 0.2) is 0 Å². The Balaban J connectivity index is 3.14. The van der Waals surface area contributed by atoms with E-state index in [1.165, 1.54) is 4.90 Å². The minimum absolute atomic E-state index is 0.0136. The van der Waals surface area contributed by atoms with E-state index in [1.807, 2.05) is 19.1 Å². The van der Waals surface area contributed by atoms with Crippen LogP contribution in [0.25, 0.3) is 0 Å². The normalized spacial score (nSPS) is 12.8. The van der Waals surface area contributed by atoms with Crippen molar-refractivity contribution in [3.8, 4) is 0 Å². The summed E-state index contributed by atoms with van der Waals surface area (Å²) in [7, 11) is 0. The molecule has 0 bridgehead atoms. The summed E-state index contributed by atoms with van der Waals surface area (Å²) in [5.74, 6) is -1.33. The van der Waals surface area contributed by atoms with Crippen molar-refractivity contribution in [3.05, 3.63) is 35.4 Å². The third kappa shape index (κ3) is 9.62. The maximum Gasteiger partial charge on any atom is 0.408 e. The molecule has 0 saturated heterocycles. The zero-order valence-corrected chi connectivity index (χ0v) is 21.7. The number of hydrogen-bond donors (Lipinski definition) is 3. The second-order valence-corrected chi connectivity index (χ2v) is 9.03. The number of thiol groups is 1. The summed E-state index contributed by atoms with van der Waals surface area (Å²) < 4.78 is 10.1. The Kier molecular flexibility index (Phi) is 11.9. The van der Waals surface area contributed by atoms with Crippen molar-refractivity contribution in [2.75, 3.05) is 25.4 Å². The molecule has 2 atom stereocenters. The van der Waals surface area contributed by atoms with E-state index < -0.39 is 41.6 Å². The highest BCUT2D eigenvalue weighted by Crippen LogP contribution is 2.23. The minimum Gasteiger partial charge on any atom is -0.466 e. The average Bonchev–Trinajstić information content (AvgIpc) is 2.75. The summed E-state index contributed by atoms with van der Waals surface area (Å²) >= 11 is 4.22. The first-order valence-electron chi connectivity index (χ1n) is 11.3. The van der Waals surface area contributed by atoms with Gasteiger partial charge in [0.05, 0.1) is 13.0 Å². The zero-order valence-electron chi connectivity index (χ0n) is 20.8. The van der Waals surface area contributed by atoms with E-state index in [2.05, 4.69) is 23.3 Å². The molecule has 0 saturated carbocycles. The van der Waals surface area contributed by atoms with Gasteiger partial charge in [-0.25, -0.2) is 4.79 Å². The van der Waals surface area contributed by atoms with Crippen molar-refractivity contribution >= 4 is 36.5 Å². The van der Waals surface area contributed by atoms with Crippen LogP contribution < -0.4 is 10.6 Å². The van der Waals surface area contributed by atoms with Gasteiger partial charge in [0, 0.05) is 18.8 Å². The highest BCUT2D eigenvalue weighted by Gasteiger charge is 2.35. The van der Waals surface area contributed by atoms with Crippen LogP contribution in [0.5, 0.6) is 0 Å². The maximum atomic E-state index is 13.4. The topological polar surface area (TPSA) is 114 Å². The summed E-state index contributed by atoms with van der Waals surface area (Å²) in [5, 5.41) is 5.26. The zero-order chi connectivity index (χ0) is 25.9. The van der Waals surface area contributed by atoms with Crippen molar-refractivity contribution in [3.63, 3.8) is 0 Å². The summed E-state index contributed by atoms with van der Waals surface area (Å²) in [6, 6.07) is 5.28. The number of rotatable bonds is 11. The van der Waals surface area contributed by atoms with Crippen LogP contribution in [0.3, 0.4) is 0 Å². The molecule has 0 heterocycles. The third-order valence-electron chi connectivity index (χ3n) is 4.68. The molecule has 2 N–H and O–H groups in total. The number of nitrogens with zero attached hydrogens (tertiary/aromatic N) is 1. The van der Waals surface area contributed by atoms with Gasteiger partial charge in [0.25, 0.3) is 0 Å². The van der Waals surface area contributed by atoms with E-state index >= 15 is 0 Å². The Morgan fingerprint density at radius 2 is 1.71 bits per heavy atom. The predicted molar refractivity (Wildman–Crippen MR) is 133 cm³/mol. The molecule has 0 radical (unpaired) electrons. The second kappa shape index (κ2) is 13.8. The largest absolute Gasteiger partial charge is 0.466 e. The first-order chi connectivity index (χ1) is 15.9. The fraction of sp³-hybridized carbons (Fsp3) is 0.583. The maximum absolute atomic E-state index is 13.4. The molecular weight excluding hydrogens is 458 g/mol. The molecule has 1 rings (SSSR count). The molecule has 0 aliphatic rings. The molecule has 1 aromatic rings. The highest BCUT2D eigenvalue weighted by molar-refractivity contribution is 7.80. The Bertz CT molecular complexity index is 838. The summed E-state index contributed by atoms with van der Waals surface area (Å²) in [6.07, 6.45) is -0.735. The lowest BCUT2D eigenvalue weighted by atomic mass is 10.0. The number of hydrogen-bond acceptors (Lipinski definition) is 7. The average molecular weight is 496 g/mol. The van der Waals surface area contributed by atoms with Gasteiger partial charge in [-0.15, -0.1) is 0 Å². The van der Waals surface area contributed by atoms with E-state index in [0.29, 0.717) is 5.56 Å². The standard InChI is InChI=1S/C24H37N3O6S/c1-7-27(22(30)18(15-34)26-23(31)33-24(4,5)6)20(17-11-9-16(3)10-12-17)21(29)25-14-13-19(28)32-8-2/h9-12,18,20,34H,7-8,13-15H2,1-6H3,(H,25,29)(H,26,31). The van der Waals surface area contributed by atoms with Gasteiger partial charge in [0.2, 0.25) is 11.8 Å². The van der Waals surface area contributed by atoms with Gasteiger partial charge in [-0.1, -0.05) is 29.8 Å². The van der Waals surface area contributed by atoms with Crippen molar-refractivity contribution in [1.82, 2.24) is 15.5 Å². The van der Waals surface area contributed by atoms with Crippen LogP contribution in [0.15, 0.2) is 24.3 Å². The lowest BCUT2D eigenvalue weighted by molar-refractivity contribution is -0.144. The number of carbonyl (C=O) groups is 4. The minimum atomic E-state index is -1.00. The van der Waals surface area contributed by atoms with E-state index in [4.69, 9.17) is 9.47 Å². The number of esters is 1.